The van der Waals surface area contributed by atoms with Crippen molar-refractivity contribution < 1.29 is 19.1 Å². The molecule has 2 aromatic rings. The van der Waals surface area contributed by atoms with Gasteiger partial charge in [0.2, 0.25) is 0 Å². The van der Waals surface area contributed by atoms with E-state index in [0.29, 0.717) is 22.9 Å². The minimum absolute atomic E-state index is 0.00318. The van der Waals surface area contributed by atoms with Crippen LogP contribution in [0.25, 0.3) is 10.9 Å². The first kappa shape index (κ1) is 7.84. The van der Waals surface area contributed by atoms with Crippen LogP contribution in [0.1, 0.15) is 20.7 Å². The van der Waals surface area contributed by atoms with Gasteiger partial charge in [-0.15, -0.1) is 0 Å². The second-order valence-corrected chi connectivity index (χ2v) is 5.07. The number of alkyl carbamates (subject to hydrolysis) is 1. The zero-order chi connectivity index (χ0) is 20.9. The molecule has 5 nitrogen and oxygen atoms in total. The third kappa shape index (κ3) is 3.19. The quantitative estimate of drug-likeness (QED) is 0.886. The lowest BCUT2D eigenvalue weighted by Gasteiger charge is -2.09. The Morgan fingerprint density at radius 3 is 3.29 bits per heavy atom. The average Bonchev–Trinajstić information content (AvgIpc) is 3.17. The number of nitrogens with one attached hydrogen (secondary N) is 2. The molecule has 1 fully saturated rings. The summed E-state index contributed by atoms with van der Waals surface area (Å²) in [5.74, 6) is 0. The summed E-state index contributed by atoms with van der Waals surface area (Å²) in [5, 5.41) is 2.80. The van der Waals surface area contributed by atoms with Gasteiger partial charge in [0, 0.05) is 27.8 Å². The normalized spacial score (nSPS) is 27.1. The van der Waals surface area contributed by atoms with Gasteiger partial charge in [0.1, 0.15) is 6.61 Å². The Morgan fingerprint density at radius 1 is 1.62 bits per heavy atom. The maximum absolute atomic E-state index is 11.3. The first-order valence-corrected chi connectivity index (χ1v) is 6.68. The first-order chi connectivity index (χ1) is 12.9. The van der Waals surface area contributed by atoms with E-state index in [2.05, 4.69) is 10.3 Å². The molecule has 5 heteroatoms. The predicted octanol–water partition coefficient (Wildman–Crippen LogP) is 1.92. The van der Waals surface area contributed by atoms with E-state index in [1.54, 1.807) is 6.20 Å². The maximum atomic E-state index is 11.3. The van der Waals surface area contributed by atoms with Crippen molar-refractivity contribution >= 4 is 17.0 Å². The molecule has 1 aliphatic heterocycles. The summed E-state index contributed by atoms with van der Waals surface area (Å²) in [4.78, 5) is 15.4. The van der Waals surface area contributed by atoms with E-state index < -0.39 is 19.1 Å². The standard InChI is InChI=1S/C16H21N3O2/c1-19(2)6-5-12-9-17-15-4-3-11(8-14(12)15)7-13-10-21-16(20)18-13/h3-4,8-9,13,17H,5-7,10H2,1-2H3,(H,18,20)/t13-/m0/s1/i1D3,3D,4D,8D,13D. The van der Waals surface area contributed by atoms with Crippen LogP contribution in [-0.2, 0) is 17.6 Å². The summed E-state index contributed by atoms with van der Waals surface area (Å²) < 4.78 is 60.4. The number of hydrogen-bond acceptors (Lipinski definition) is 3. The van der Waals surface area contributed by atoms with Crippen LogP contribution >= 0.6 is 0 Å². The topological polar surface area (TPSA) is 57.4 Å². The lowest BCUT2D eigenvalue weighted by Crippen LogP contribution is -2.28. The van der Waals surface area contributed by atoms with Crippen molar-refractivity contribution in [2.75, 3.05) is 27.2 Å². The molecule has 0 radical (unpaired) electrons. The Hall–Kier alpha value is -2.01. The van der Waals surface area contributed by atoms with Crippen LogP contribution in [0.3, 0.4) is 0 Å². The van der Waals surface area contributed by atoms with E-state index >= 15 is 0 Å². The highest BCUT2D eigenvalue weighted by Crippen LogP contribution is 2.21. The molecule has 112 valence electrons. The van der Waals surface area contributed by atoms with Gasteiger partial charge < -0.3 is 19.9 Å². The molecule has 0 unspecified atom stereocenters. The molecule has 0 bridgehead atoms. The number of nitrogens with zero attached hydrogens (tertiary/aromatic N) is 1. The van der Waals surface area contributed by atoms with Crippen LogP contribution in [0.15, 0.2) is 24.3 Å². The zero-order valence-electron chi connectivity index (χ0n) is 18.7. The summed E-state index contributed by atoms with van der Waals surface area (Å²) in [6, 6.07) is -1.79. The molecule has 21 heavy (non-hydrogen) atoms. The van der Waals surface area contributed by atoms with Crippen molar-refractivity contribution in [3.8, 4) is 0 Å². The molecule has 1 saturated heterocycles. The molecule has 0 aliphatic carbocycles. The fourth-order valence-corrected chi connectivity index (χ4v) is 2.28. The number of benzene rings is 1. The minimum atomic E-state index is -2.23. The van der Waals surface area contributed by atoms with Gasteiger partial charge in [-0.3, -0.25) is 0 Å². The van der Waals surface area contributed by atoms with Crippen molar-refractivity contribution in [2.45, 2.75) is 18.9 Å². The predicted molar refractivity (Wildman–Crippen MR) is 82.5 cm³/mol. The van der Waals surface area contributed by atoms with E-state index in [4.69, 9.17) is 14.3 Å². The number of likely N-dealkylation sites (N-methyl/N-ethyl adjacent to an activating group) is 1. The smallest absolute Gasteiger partial charge is 0.407 e. The molecular weight excluding hydrogens is 266 g/mol. The Balaban J connectivity index is 1.98. The fourth-order valence-electron chi connectivity index (χ4n) is 2.28. The monoisotopic (exact) mass is 294 g/mol. The number of carbonyl (C=O) groups is 1. The van der Waals surface area contributed by atoms with Gasteiger partial charge in [0.05, 0.1) is 11.5 Å². The van der Waals surface area contributed by atoms with Crippen molar-refractivity contribution in [1.29, 1.82) is 0 Å². The van der Waals surface area contributed by atoms with E-state index in [9.17, 15) is 4.79 Å². The largest absolute Gasteiger partial charge is 0.447 e. The van der Waals surface area contributed by atoms with Gasteiger partial charge in [-0.05, 0) is 50.1 Å². The summed E-state index contributed by atoms with van der Waals surface area (Å²) in [6.45, 7) is -2.21. The third-order valence-corrected chi connectivity index (χ3v) is 3.34. The molecule has 2 N–H and O–H groups in total. The van der Waals surface area contributed by atoms with E-state index in [-0.39, 0.29) is 43.3 Å². The molecular formula is C16H21N3O2. The molecule has 1 aliphatic rings. The number of hydrogen-bond donors (Lipinski definition) is 2. The number of carbonyl (C=O) groups excluding carboxylic acids is 1. The Labute approximate surface area is 134 Å². The lowest BCUT2D eigenvalue weighted by atomic mass is 10.0. The molecule has 1 amide bonds. The number of aromatic amines is 1. The average molecular weight is 294 g/mol. The highest BCUT2D eigenvalue weighted by molar-refractivity contribution is 5.84. The molecule has 1 atom stereocenters. The molecule has 1 aromatic carbocycles. The number of aromatic nitrogens is 1. The van der Waals surface area contributed by atoms with Gasteiger partial charge in [0.15, 0.2) is 0 Å². The van der Waals surface area contributed by atoms with Crippen LogP contribution in [0, 0.1) is 0 Å². The summed E-state index contributed by atoms with van der Waals surface area (Å²) >= 11 is 0. The Kier molecular flexibility index (Phi) is 2.16. The zero-order valence-corrected chi connectivity index (χ0v) is 11.7. The highest BCUT2D eigenvalue weighted by atomic mass is 16.6. The Bertz CT molecular complexity index is 927. The molecule has 2 heterocycles. The lowest BCUT2D eigenvalue weighted by molar-refractivity contribution is 0.177. The SMILES string of the molecule is [2H]c1c(C[C@@]2([2H])COC(=O)N2)c([2H])c2c(CCN(C)C([2H])([2H])[2H])c[nH]c2c1[2H]. The van der Waals surface area contributed by atoms with Crippen LogP contribution in [0.4, 0.5) is 4.79 Å². The van der Waals surface area contributed by atoms with E-state index in [0.717, 1.165) is 0 Å². The van der Waals surface area contributed by atoms with Gasteiger partial charge in [-0.1, -0.05) is 6.04 Å². The molecule has 0 saturated carbocycles. The summed E-state index contributed by atoms with van der Waals surface area (Å²) in [6.07, 6.45) is 1.09. The molecule has 1 aromatic heterocycles. The molecule has 0 spiro atoms. The fraction of sp³-hybridized carbons (Fsp3) is 0.438. The van der Waals surface area contributed by atoms with Crippen LogP contribution in [0.2, 0.25) is 0 Å². The number of cyclic esters (lactones) is 1. The third-order valence-electron chi connectivity index (χ3n) is 3.34. The summed E-state index contributed by atoms with van der Waals surface area (Å²) in [7, 11) is 1.49. The van der Waals surface area contributed by atoms with Crippen molar-refractivity contribution in [2.24, 2.45) is 0 Å². The van der Waals surface area contributed by atoms with Gasteiger partial charge in [-0.2, -0.15) is 0 Å². The van der Waals surface area contributed by atoms with E-state index in [1.165, 1.54) is 11.9 Å². The van der Waals surface area contributed by atoms with E-state index in [1.807, 2.05) is 0 Å². The van der Waals surface area contributed by atoms with Crippen LogP contribution in [0.5, 0.6) is 0 Å². The first-order valence-electron chi connectivity index (χ1n) is 10.2. The van der Waals surface area contributed by atoms with Crippen LogP contribution < -0.4 is 5.32 Å². The van der Waals surface area contributed by atoms with Crippen molar-refractivity contribution in [3.63, 3.8) is 0 Å². The number of rotatable bonds is 5. The highest BCUT2D eigenvalue weighted by Gasteiger charge is 2.22. The minimum Gasteiger partial charge on any atom is -0.447 e. The number of amides is 1. The number of ether oxygens (including phenoxy) is 1. The maximum Gasteiger partial charge on any atom is 0.407 e. The van der Waals surface area contributed by atoms with Gasteiger partial charge >= 0.3 is 6.09 Å². The van der Waals surface area contributed by atoms with Gasteiger partial charge in [-0.25, -0.2) is 4.79 Å². The Morgan fingerprint density at radius 2 is 2.52 bits per heavy atom. The van der Waals surface area contributed by atoms with Gasteiger partial charge in [0.25, 0.3) is 0 Å². The summed E-state index contributed by atoms with van der Waals surface area (Å²) in [5.41, 5.74) is 1.16. The van der Waals surface area contributed by atoms with Crippen LogP contribution in [-0.4, -0.2) is 49.2 Å². The second-order valence-electron chi connectivity index (χ2n) is 5.07. The second kappa shape index (κ2) is 5.77. The molecule has 3 rings (SSSR count). The number of H-pyrrole nitrogens is 1. The van der Waals surface area contributed by atoms with Crippen molar-refractivity contribution in [1.82, 2.24) is 15.2 Å². The number of fused-ring (bicyclic) bond motifs is 1. The van der Waals surface area contributed by atoms with Crippen molar-refractivity contribution in [3.05, 3.63) is 35.5 Å².